The molecule has 0 N–H and O–H groups in total. The van der Waals surface area contributed by atoms with E-state index in [2.05, 4.69) is 9.55 Å². The van der Waals surface area contributed by atoms with Gasteiger partial charge in [0.15, 0.2) is 0 Å². The monoisotopic (exact) mass is 454 g/mol. The van der Waals surface area contributed by atoms with Gasteiger partial charge in [-0.3, -0.25) is 0 Å². The molecule has 3 aromatic rings. The molecule has 2 aromatic heterocycles. The van der Waals surface area contributed by atoms with Crippen molar-refractivity contribution in [2.45, 2.75) is 39.3 Å². The molecule has 0 spiro atoms. The summed E-state index contributed by atoms with van der Waals surface area (Å²) in [5.74, 6) is -0.310. The van der Waals surface area contributed by atoms with E-state index < -0.39 is 11.4 Å². The van der Waals surface area contributed by atoms with Crippen LogP contribution >= 0.6 is 11.6 Å². The second-order valence-corrected chi connectivity index (χ2v) is 9.44. The number of carbonyl (C=O) groups excluding carboxylic acids is 1. The van der Waals surface area contributed by atoms with Gasteiger partial charge in [-0.2, -0.15) is 5.26 Å². The van der Waals surface area contributed by atoms with Crippen LogP contribution in [0.15, 0.2) is 36.7 Å². The van der Waals surface area contributed by atoms with Gasteiger partial charge in [-0.05, 0) is 56.9 Å². The minimum Gasteiger partial charge on any atom is -0.444 e. The standard InChI is InChI=1S/C24H24ClFN4O2/c1-24(2,3)32-23(31)30-8-6-15(14-30)13-29-9-7-18-20(29)12-28-22(25)21(18)16-4-5-17(11-27)19(26)10-16/h4-5,7,9-10,12,15H,6,8,13-14H2,1-3H3/t15-/m0/s1. The molecule has 1 saturated heterocycles. The molecule has 1 amide bonds. The predicted molar refractivity (Wildman–Crippen MR) is 121 cm³/mol. The molecule has 1 aliphatic rings. The summed E-state index contributed by atoms with van der Waals surface area (Å²) in [6.45, 7) is 7.59. The van der Waals surface area contributed by atoms with Gasteiger partial charge >= 0.3 is 6.09 Å². The van der Waals surface area contributed by atoms with E-state index in [-0.39, 0.29) is 22.7 Å². The summed E-state index contributed by atoms with van der Waals surface area (Å²) in [6, 6.07) is 8.20. The van der Waals surface area contributed by atoms with Gasteiger partial charge < -0.3 is 14.2 Å². The van der Waals surface area contributed by atoms with Crippen molar-refractivity contribution in [1.82, 2.24) is 14.5 Å². The molecule has 6 nitrogen and oxygen atoms in total. The van der Waals surface area contributed by atoms with Gasteiger partial charge in [-0.1, -0.05) is 17.7 Å². The van der Waals surface area contributed by atoms with Crippen molar-refractivity contribution >= 4 is 28.6 Å². The number of aromatic nitrogens is 2. The molecule has 1 aromatic carbocycles. The lowest BCUT2D eigenvalue weighted by molar-refractivity contribution is 0.0287. The first kappa shape index (κ1) is 22.1. The van der Waals surface area contributed by atoms with Crippen LogP contribution in [0.3, 0.4) is 0 Å². The average molecular weight is 455 g/mol. The molecule has 166 valence electrons. The van der Waals surface area contributed by atoms with Gasteiger partial charge in [0.2, 0.25) is 0 Å². The maximum atomic E-state index is 14.2. The number of halogens is 2. The SMILES string of the molecule is CC(C)(C)OC(=O)N1CC[C@@H](Cn2ccc3c(-c4ccc(C#N)c(F)c4)c(Cl)ncc32)C1. The minimum absolute atomic E-state index is 0.0154. The zero-order chi connectivity index (χ0) is 23.0. The Morgan fingerprint density at radius 1 is 1.38 bits per heavy atom. The maximum Gasteiger partial charge on any atom is 0.410 e. The number of rotatable bonds is 3. The largest absolute Gasteiger partial charge is 0.444 e. The van der Waals surface area contributed by atoms with Crippen molar-refractivity contribution in [1.29, 1.82) is 5.26 Å². The second kappa shape index (κ2) is 8.44. The van der Waals surface area contributed by atoms with Crippen LogP contribution in [0.4, 0.5) is 9.18 Å². The van der Waals surface area contributed by atoms with E-state index in [1.165, 1.54) is 12.1 Å². The zero-order valence-electron chi connectivity index (χ0n) is 18.2. The minimum atomic E-state index is -0.592. The summed E-state index contributed by atoms with van der Waals surface area (Å²) in [5.41, 5.74) is 1.55. The summed E-state index contributed by atoms with van der Waals surface area (Å²) < 4.78 is 21.8. The number of fused-ring (bicyclic) bond motifs is 1. The highest BCUT2D eigenvalue weighted by atomic mass is 35.5. The van der Waals surface area contributed by atoms with Crippen LogP contribution in [0.2, 0.25) is 5.15 Å². The first-order chi connectivity index (χ1) is 15.2. The molecule has 1 aliphatic heterocycles. The van der Waals surface area contributed by atoms with Crippen molar-refractivity contribution < 1.29 is 13.9 Å². The highest BCUT2D eigenvalue weighted by molar-refractivity contribution is 6.33. The predicted octanol–water partition coefficient (Wildman–Crippen LogP) is 5.62. The summed E-state index contributed by atoms with van der Waals surface area (Å²) in [7, 11) is 0. The van der Waals surface area contributed by atoms with Crippen LogP contribution in [0.25, 0.3) is 22.0 Å². The Bertz CT molecular complexity index is 1230. The third-order valence-corrected chi connectivity index (χ3v) is 5.84. The highest BCUT2D eigenvalue weighted by Crippen LogP contribution is 2.35. The van der Waals surface area contributed by atoms with E-state index >= 15 is 0 Å². The van der Waals surface area contributed by atoms with Crippen LogP contribution in [0, 0.1) is 23.1 Å². The van der Waals surface area contributed by atoms with E-state index in [0.29, 0.717) is 30.8 Å². The number of amides is 1. The lowest BCUT2D eigenvalue weighted by atomic mass is 10.0. The number of benzene rings is 1. The molecule has 1 fully saturated rings. The molecule has 3 heterocycles. The number of hydrogen-bond acceptors (Lipinski definition) is 4. The van der Waals surface area contributed by atoms with E-state index in [1.807, 2.05) is 39.1 Å². The lowest BCUT2D eigenvalue weighted by Crippen LogP contribution is -2.35. The number of carbonyl (C=O) groups is 1. The van der Waals surface area contributed by atoms with Crippen molar-refractivity contribution in [2.75, 3.05) is 13.1 Å². The number of ether oxygens (including phenoxy) is 1. The molecule has 32 heavy (non-hydrogen) atoms. The molecular formula is C24H24ClFN4O2. The molecule has 8 heteroatoms. The Hall–Kier alpha value is -3.11. The summed E-state index contributed by atoms with van der Waals surface area (Å²) in [4.78, 5) is 18.4. The van der Waals surface area contributed by atoms with Crippen molar-refractivity contribution in [2.24, 2.45) is 5.92 Å². The highest BCUT2D eigenvalue weighted by Gasteiger charge is 2.30. The first-order valence-electron chi connectivity index (χ1n) is 10.5. The third-order valence-electron chi connectivity index (χ3n) is 5.55. The fraction of sp³-hybridized carbons (Fsp3) is 0.375. The molecule has 4 rings (SSSR count). The lowest BCUT2D eigenvalue weighted by Gasteiger charge is -2.24. The molecule has 0 radical (unpaired) electrons. The van der Waals surface area contributed by atoms with Crippen molar-refractivity contribution in [3.8, 4) is 17.2 Å². The smallest absolute Gasteiger partial charge is 0.410 e. The Morgan fingerprint density at radius 2 is 2.16 bits per heavy atom. The second-order valence-electron chi connectivity index (χ2n) is 9.08. The zero-order valence-corrected chi connectivity index (χ0v) is 19.0. The van der Waals surface area contributed by atoms with Gasteiger partial charge in [0.1, 0.15) is 22.6 Å². The number of likely N-dealkylation sites (tertiary alicyclic amines) is 1. The topological polar surface area (TPSA) is 71.2 Å². The normalized spacial score (nSPS) is 16.4. The van der Waals surface area contributed by atoms with E-state index in [1.54, 1.807) is 17.2 Å². The summed E-state index contributed by atoms with van der Waals surface area (Å²) >= 11 is 6.38. The molecule has 0 bridgehead atoms. The van der Waals surface area contributed by atoms with Gasteiger partial charge in [0.25, 0.3) is 0 Å². The molecule has 0 aliphatic carbocycles. The van der Waals surface area contributed by atoms with E-state index in [4.69, 9.17) is 21.6 Å². The molecule has 0 saturated carbocycles. The van der Waals surface area contributed by atoms with E-state index in [9.17, 15) is 9.18 Å². The van der Waals surface area contributed by atoms with E-state index in [0.717, 1.165) is 17.3 Å². The fourth-order valence-electron chi connectivity index (χ4n) is 4.08. The van der Waals surface area contributed by atoms with Gasteiger partial charge in [0, 0.05) is 36.8 Å². The number of hydrogen-bond donors (Lipinski definition) is 0. The van der Waals surface area contributed by atoms with Crippen LogP contribution in [-0.2, 0) is 11.3 Å². The van der Waals surface area contributed by atoms with Crippen LogP contribution in [0.5, 0.6) is 0 Å². The van der Waals surface area contributed by atoms with Gasteiger partial charge in [-0.25, -0.2) is 14.2 Å². The van der Waals surface area contributed by atoms with Gasteiger partial charge in [-0.15, -0.1) is 0 Å². The molecule has 1 atom stereocenters. The maximum absolute atomic E-state index is 14.2. The first-order valence-corrected chi connectivity index (χ1v) is 10.9. The number of pyridine rings is 1. The number of nitriles is 1. The fourth-order valence-corrected chi connectivity index (χ4v) is 4.34. The quantitative estimate of drug-likeness (QED) is 0.481. The Balaban J connectivity index is 1.58. The Morgan fingerprint density at radius 3 is 2.84 bits per heavy atom. The van der Waals surface area contributed by atoms with Gasteiger partial charge in [0.05, 0.1) is 17.3 Å². The number of nitrogens with zero attached hydrogens (tertiary/aromatic N) is 4. The van der Waals surface area contributed by atoms with Crippen LogP contribution in [0.1, 0.15) is 32.8 Å². The van der Waals surface area contributed by atoms with Crippen LogP contribution in [-0.4, -0.2) is 39.2 Å². The third kappa shape index (κ3) is 4.42. The summed E-state index contributed by atoms with van der Waals surface area (Å²) in [6.07, 6.45) is 4.27. The molecular weight excluding hydrogens is 431 g/mol. The molecule has 0 unspecified atom stereocenters. The van der Waals surface area contributed by atoms with Crippen molar-refractivity contribution in [3.63, 3.8) is 0 Å². The Kier molecular flexibility index (Phi) is 5.83. The van der Waals surface area contributed by atoms with Crippen LogP contribution < -0.4 is 0 Å². The summed E-state index contributed by atoms with van der Waals surface area (Å²) in [5, 5.41) is 10.1. The average Bonchev–Trinajstić information content (AvgIpc) is 3.34. The Labute approximate surface area is 191 Å². The van der Waals surface area contributed by atoms with Crippen molar-refractivity contribution in [3.05, 3.63) is 53.2 Å².